The Hall–Kier alpha value is -2.34. The van der Waals surface area contributed by atoms with Crippen molar-refractivity contribution in [2.24, 2.45) is 0 Å². The molecule has 1 heterocycles. The molecule has 0 aliphatic rings. The van der Waals surface area contributed by atoms with Crippen LogP contribution in [0, 0.1) is 12.7 Å². The number of carbonyl (C=O) groups is 1. The van der Waals surface area contributed by atoms with E-state index in [1.165, 1.54) is 12.1 Å². The van der Waals surface area contributed by atoms with Gasteiger partial charge in [-0.05, 0) is 49.7 Å². The van der Waals surface area contributed by atoms with Crippen LogP contribution in [-0.4, -0.2) is 27.8 Å². The quantitative estimate of drug-likeness (QED) is 0.477. The topological polar surface area (TPSA) is 46.9 Å². The first-order valence-electron chi connectivity index (χ1n) is 8.70. The SMILES string of the molecule is Cc1nc2ccccc2n1CCCNC(=O)CCSc1ccc(F)cc1. The standard InChI is InChI=1S/C20H22FN3OS/c1-15-23-18-5-2-3-6-19(18)24(15)13-4-12-22-20(25)11-14-26-17-9-7-16(21)8-10-17/h2-3,5-10H,4,11-14H2,1H3,(H,22,25). The number of thioether (sulfide) groups is 1. The van der Waals surface area contributed by atoms with E-state index in [9.17, 15) is 9.18 Å². The van der Waals surface area contributed by atoms with Crippen molar-refractivity contribution in [2.75, 3.05) is 12.3 Å². The molecular weight excluding hydrogens is 349 g/mol. The summed E-state index contributed by atoms with van der Waals surface area (Å²) >= 11 is 1.56. The maximum absolute atomic E-state index is 12.8. The molecule has 0 aliphatic carbocycles. The summed E-state index contributed by atoms with van der Waals surface area (Å²) in [5.74, 6) is 1.48. The number of nitrogens with zero attached hydrogens (tertiary/aromatic N) is 2. The second-order valence-corrected chi connectivity index (χ2v) is 7.22. The number of halogens is 1. The zero-order valence-electron chi connectivity index (χ0n) is 14.7. The summed E-state index contributed by atoms with van der Waals surface area (Å²) in [4.78, 5) is 17.4. The molecule has 0 fully saturated rings. The van der Waals surface area contributed by atoms with Crippen molar-refractivity contribution < 1.29 is 9.18 Å². The number of aryl methyl sites for hydroxylation is 2. The zero-order chi connectivity index (χ0) is 18.4. The Bertz CT molecular complexity index is 876. The lowest BCUT2D eigenvalue weighted by atomic mass is 10.3. The van der Waals surface area contributed by atoms with E-state index in [1.807, 2.05) is 25.1 Å². The molecule has 3 rings (SSSR count). The van der Waals surface area contributed by atoms with Gasteiger partial charge in [-0.2, -0.15) is 0 Å². The van der Waals surface area contributed by atoms with Crippen LogP contribution in [0.5, 0.6) is 0 Å². The predicted octanol–water partition coefficient (Wildman–Crippen LogP) is 4.17. The van der Waals surface area contributed by atoms with Gasteiger partial charge < -0.3 is 9.88 Å². The number of hydrogen-bond acceptors (Lipinski definition) is 3. The highest BCUT2D eigenvalue weighted by molar-refractivity contribution is 7.99. The van der Waals surface area contributed by atoms with Crippen molar-refractivity contribution >= 4 is 28.7 Å². The highest BCUT2D eigenvalue weighted by atomic mass is 32.2. The van der Waals surface area contributed by atoms with Gasteiger partial charge in [-0.1, -0.05) is 12.1 Å². The van der Waals surface area contributed by atoms with Crippen LogP contribution in [-0.2, 0) is 11.3 Å². The second-order valence-electron chi connectivity index (χ2n) is 6.06. The van der Waals surface area contributed by atoms with Crippen LogP contribution in [0.3, 0.4) is 0 Å². The molecule has 6 heteroatoms. The van der Waals surface area contributed by atoms with E-state index in [0.29, 0.717) is 18.7 Å². The fourth-order valence-corrected chi connectivity index (χ4v) is 3.68. The third-order valence-corrected chi connectivity index (χ3v) is 5.15. The summed E-state index contributed by atoms with van der Waals surface area (Å²) in [5, 5.41) is 2.96. The van der Waals surface area contributed by atoms with E-state index in [1.54, 1.807) is 23.9 Å². The summed E-state index contributed by atoms with van der Waals surface area (Å²) in [5.41, 5.74) is 2.14. The van der Waals surface area contributed by atoms with Crippen LogP contribution in [0.25, 0.3) is 11.0 Å². The van der Waals surface area contributed by atoms with Gasteiger partial charge in [0, 0.05) is 30.2 Å². The maximum Gasteiger partial charge on any atom is 0.220 e. The maximum atomic E-state index is 12.8. The van der Waals surface area contributed by atoms with Gasteiger partial charge in [0.05, 0.1) is 11.0 Å². The van der Waals surface area contributed by atoms with Gasteiger partial charge in [0.15, 0.2) is 0 Å². The van der Waals surface area contributed by atoms with E-state index in [0.717, 1.165) is 34.7 Å². The minimum absolute atomic E-state index is 0.0480. The number of benzene rings is 2. The number of para-hydroxylation sites is 2. The molecule has 1 amide bonds. The number of hydrogen-bond donors (Lipinski definition) is 1. The van der Waals surface area contributed by atoms with Crippen LogP contribution >= 0.6 is 11.8 Å². The highest BCUT2D eigenvalue weighted by Gasteiger charge is 2.07. The first-order valence-corrected chi connectivity index (χ1v) is 9.69. The molecule has 3 aromatic rings. The normalized spacial score (nSPS) is 11.0. The van der Waals surface area contributed by atoms with Crippen molar-refractivity contribution in [3.8, 4) is 0 Å². The number of amides is 1. The molecule has 0 atom stereocenters. The van der Waals surface area contributed by atoms with Gasteiger partial charge in [-0.25, -0.2) is 9.37 Å². The van der Waals surface area contributed by atoms with Crippen molar-refractivity contribution in [2.45, 2.75) is 31.2 Å². The van der Waals surface area contributed by atoms with Crippen molar-refractivity contribution in [3.05, 3.63) is 60.2 Å². The average Bonchev–Trinajstić information content (AvgIpc) is 2.96. The molecular formula is C20H22FN3OS. The van der Waals surface area contributed by atoms with Crippen molar-refractivity contribution in [1.29, 1.82) is 0 Å². The first kappa shape index (κ1) is 18.5. The Morgan fingerprint density at radius 3 is 2.77 bits per heavy atom. The van der Waals surface area contributed by atoms with E-state index in [-0.39, 0.29) is 11.7 Å². The van der Waals surface area contributed by atoms with E-state index >= 15 is 0 Å². The summed E-state index contributed by atoms with van der Waals surface area (Å²) in [6.07, 6.45) is 1.31. The fraction of sp³-hybridized carbons (Fsp3) is 0.300. The van der Waals surface area contributed by atoms with Crippen LogP contribution in [0.1, 0.15) is 18.7 Å². The molecule has 0 radical (unpaired) electrons. The summed E-state index contributed by atoms with van der Waals surface area (Å²) in [6, 6.07) is 14.4. The first-order chi connectivity index (χ1) is 12.6. The van der Waals surface area contributed by atoms with Gasteiger partial charge in [-0.15, -0.1) is 11.8 Å². The number of imidazole rings is 1. The zero-order valence-corrected chi connectivity index (χ0v) is 15.6. The number of carbonyl (C=O) groups excluding carboxylic acids is 1. The molecule has 26 heavy (non-hydrogen) atoms. The van der Waals surface area contributed by atoms with Crippen LogP contribution in [0.15, 0.2) is 53.4 Å². The van der Waals surface area contributed by atoms with Gasteiger partial charge in [0.1, 0.15) is 11.6 Å². The minimum atomic E-state index is -0.243. The lowest BCUT2D eigenvalue weighted by Crippen LogP contribution is -2.25. The Morgan fingerprint density at radius 2 is 1.96 bits per heavy atom. The molecule has 0 bridgehead atoms. The third-order valence-electron chi connectivity index (χ3n) is 4.14. The Kier molecular flexibility index (Phi) is 6.28. The fourth-order valence-electron chi connectivity index (χ4n) is 2.82. The molecule has 0 saturated heterocycles. The molecule has 0 spiro atoms. The Labute approximate surface area is 156 Å². The third kappa shape index (κ3) is 4.85. The molecule has 4 nitrogen and oxygen atoms in total. The van der Waals surface area contributed by atoms with E-state index in [2.05, 4.69) is 20.9 Å². The number of fused-ring (bicyclic) bond motifs is 1. The molecule has 1 N–H and O–H groups in total. The van der Waals surface area contributed by atoms with Crippen molar-refractivity contribution in [1.82, 2.24) is 14.9 Å². The number of aromatic nitrogens is 2. The number of nitrogens with one attached hydrogen (secondary N) is 1. The van der Waals surface area contributed by atoms with E-state index < -0.39 is 0 Å². The summed E-state index contributed by atoms with van der Waals surface area (Å²) < 4.78 is 15.0. The lowest BCUT2D eigenvalue weighted by Gasteiger charge is -2.08. The minimum Gasteiger partial charge on any atom is -0.356 e. The summed E-state index contributed by atoms with van der Waals surface area (Å²) in [7, 11) is 0. The van der Waals surface area contributed by atoms with Gasteiger partial charge in [0.2, 0.25) is 5.91 Å². The molecule has 0 aliphatic heterocycles. The molecule has 0 unspecified atom stereocenters. The van der Waals surface area contributed by atoms with E-state index in [4.69, 9.17) is 0 Å². The van der Waals surface area contributed by atoms with Gasteiger partial charge in [0.25, 0.3) is 0 Å². The predicted molar refractivity (Wildman–Crippen MR) is 104 cm³/mol. The average molecular weight is 371 g/mol. The van der Waals surface area contributed by atoms with Gasteiger partial charge in [-0.3, -0.25) is 4.79 Å². The van der Waals surface area contributed by atoms with Crippen molar-refractivity contribution in [3.63, 3.8) is 0 Å². The summed E-state index contributed by atoms with van der Waals surface area (Å²) in [6.45, 7) is 3.48. The van der Waals surface area contributed by atoms with Crippen LogP contribution in [0.4, 0.5) is 4.39 Å². The Morgan fingerprint density at radius 1 is 1.19 bits per heavy atom. The second kappa shape index (κ2) is 8.85. The molecule has 2 aromatic carbocycles. The lowest BCUT2D eigenvalue weighted by molar-refractivity contribution is -0.120. The molecule has 0 saturated carbocycles. The van der Waals surface area contributed by atoms with Crippen LogP contribution in [0.2, 0.25) is 0 Å². The molecule has 136 valence electrons. The van der Waals surface area contributed by atoms with Crippen LogP contribution < -0.4 is 5.32 Å². The van der Waals surface area contributed by atoms with Gasteiger partial charge >= 0.3 is 0 Å². The Balaban J connectivity index is 1.37. The highest BCUT2D eigenvalue weighted by Crippen LogP contribution is 2.19. The smallest absolute Gasteiger partial charge is 0.220 e. The molecule has 1 aromatic heterocycles. The number of rotatable bonds is 8. The largest absolute Gasteiger partial charge is 0.356 e. The monoisotopic (exact) mass is 371 g/mol.